The molecule has 176 valence electrons. The second-order valence-corrected chi connectivity index (χ2v) is 8.30. The van der Waals surface area contributed by atoms with Gasteiger partial charge in [0.2, 0.25) is 0 Å². The van der Waals surface area contributed by atoms with Gasteiger partial charge in [0.1, 0.15) is 22.8 Å². The van der Waals surface area contributed by atoms with Gasteiger partial charge in [0.05, 0.1) is 24.0 Å². The number of nitrogens with zero attached hydrogens (tertiary/aromatic N) is 5. The molecule has 2 unspecified atom stereocenters. The van der Waals surface area contributed by atoms with E-state index in [2.05, 4.69) is 20.5 Å². The van der Waals surface area contributed by atoms with Crippen molar-refractivity contribution in [1.82, 2.24) is 24.9 Å². The van der Waals surface area contributed by atoms with Crippen molar-refractivity contribution in [3.63, 3.8) is 0 Å². The van der Waals surface area contributed by atoms with Crippen molar-refractivity contribution >= 4 is 23.0 Å². The number of amides is 1. The van der Waals surface area contributed by atoms with E-state index in [1.165, 1.54) is 30.6 Å². The molecule has 4 aromatic rings. The molecule has 8 nitrogen and oxygen atoms in total. The molecule has 1 amide bonds. The zero-order valence-corrected chi connectivity index (χ0v) is 18.2. The van der Waals surface area contributed by atoms with Gasteiger partial charge >= 0.3 is 0 Å². The van der Waals surface area contributed by atoms with Crippen LogP contribution in [-0.2, 0) is 0 Å². The Labute approximate surface area is 192 Å². The number of aromatic nitrogens is 4. The number of likely N-dealkylation sites (tertiary alicyclic amines) is 1. The number of anilines is 1. The fraction of sp³-hybridized carbons (Fsp3) is 0.304. The minimum atomic E-state index is -0.932. The van der Waals surface area contributed by atoms with Gasteiger partial charge < -0.3 is 14.6 Å². The van der Waals surface area contributed by atoms with E-state index in [0.29, 0.717) is 23.7 Å². The highest BCUT2D eigenvalue weighted by Crippen LogP contribution is 2.29. The molecular formula is C23H21F3N6O2. The number of nitrogens with one attached hydrogen (secondary N) is 1. The fourth-order valence-corrected chi connectivity index (χ4v) is 4.40. The predicted molar refractivity (Wildman–Crippen MR) is 117 cm³/mol. The first-order valence-electron chi connectivity index (χ1n) is 10.9. The SMILES string of the molecule is CC1CCCN(C(=O)c2cc(F)cc(F)c2-n2nccn2)C1CNc1nc2ccc(F)cc2o1. The van der Waals surface area contributed by atoms with E-state index in [1.807, 2.05) is 6.92 Å². The summed E-state index contributed by atoms with van der Waals surface area (Å²) in [4.78, 5) is 20.5. The number of halogens is 3. The normalized spacial score (nSPS) is 18.4. The summed E-state index contributed by atoms with van der Waals surface area (Å²) in [5, 5.41) is 10.9. The van der Waals surface area contributed by atoms with E-state index in [-0.39, 0.29) is 35.8 Å². The van der Waals surface area contributed by atoms with E-state index >= 15 is 0 Å². The first-order chi connectivity index (χ1) is 16.4. The molecule has 0 radical (unpaired) electrons. The van der Waals surface area contributed by atoms with Crippen LogP contribution < -0.4 is 5.32 Å². The van der Waals surface area contributed by atoms with E-state index in [4.69, 9.17) is 4.42 Å². The van der Waals surface area contributed by atoms with E-state index < -0.39 is 23.4 Å². The van der Waals surface area contributed by atoms with Crippen LogP contribution >= 0.6 is 0 Å². The van der Waals surface area contributed by atoms with Gasteiger partial charge in [0.25, 0.3) is 11.9 Å². The Hall–Kier alpha value is -3.89. The predicted octanol–water partition coefficient (Wildman–Crippen LogP) is 4.18. The average molecular weight is 470 g/mol. The average Bonchev–Trinajstić information content (AvgIpc) is 3.46. The Bertz CT molecular complexity index is 1340. The van der Waals surface area contributed by atoms with Gasteiger partial charge in [0.15, 0.2) is 11.4 Å². The second kappa shape index (κ2) is 8.81. The van der Waals surface area contributed by atoms with Crippen LogP contribution in [0.25, 0.3) is 16.8 Å². The highest BCUT2D eigenvalue weighted by molar-refractivity contribution is 5.98. The Morgan fingerprint density at radius 2 is 1.94 bits per heavy atom. The van der Waals surface area contributed by atoms with Crippen LogP contribution in [0, 0.1) is 23.4 Å². The van der Waals surface area contributed by atoms with E-state index in [1.54, 1.807) is 4.90 Å². The molecular weight excluding hydrogens is 449 g/mol. The Kier molecular flexibility index (Phi) is 5.68. The van der Waals surface area contributed by atoms with Gasteiger partial charge in [0, 0.05) is 25.2 Å². The summed E-state index contributed by atoms with van der Waals surface area (Å²) in [5.41, 5.74) is 0.436. The summed E-state index contributed by atoms with van der Waals surface area (Å²) < 4.78 is 47.9. The summed E-state index contributed by atoms with van der Waals surface area (Å²) in [6.07, 6.45) is 4.32. The molecule has 34 heavy (non-hydrogen) atoms. The highest BCUT2D eigenvalue weighted by Gasteiger charge is 2.34. The molecule has 2 aromatic heterocycles. The molecule has 1 fully saturated rings. The third-order valence-electron chi connectivity index (χ3n) is 6.07. The molecule has 1 aliphatic rings. The number of piperidine rings is 1. The van der Waals surface area contributed by atoms with E-state index in [0.717, 1.165) is 23.7 Å². The third-order valence-corrected chi connectivity index (χ3v) is 6.07. The van der Waals surface area contributed by atoms with Gasteiger partial charge in [-0.15, -0.1) is 4.80 Å². The van der Waals surface area contributed by atoms with Crippen LogP contribution in [0.2, 0.25) is 0 Å². The summed E-state index contributed by atoms with van der Waals surface area (Å²) in [6.45, 7) is 2.71. The van der Waals surface area contributed by atoms with Gasteiger partial charge in [-0.05, 0) is 37.0 Å². The van der Waals surface area contributed by atoms with Gasteiger partial charge in [-0.3, -0.25) is 4.79 Å². The Morgan fingerprint density at radius 3 is 2.74 bits per heavy atom. The fourth-order valence-electron chi connectivity index (χ4n) is 4.40. The quantitative estimate of drug-likeness (QED) is 0.471. The third kappa shape index (κ3) is 4.09. The lowest BCUT2D eigenvalue weighted by molar-refractivity contribution is 0.0538. The molecule has 0 spiro atoms. The molecule has 2 atom stereocenters. The lowest BCUT2D eigenvalue weighted by Gasteiger charge is -2.40. The summed E-state index contributed by atoms with van der Waals surface area (Å²) in [6, 6.07) is 5.65. The number of fused-ring (bicyclic) bond motifs is 1. The van der Waals surface area contributed by atoms with Crippen LogP contribution in [-0.4, -0.2) is 49.9 Å². The second-order valence-electron chi connectivity index (χ2n) is 8.30. The van der Waals surface area contributed by atoms with Crippen molar-refractivity contribution in [2.75, 3.05) is 18.4 Å². The zero-order valence-electron chi connectivity index (χ0n) is 18.2. The zero-order chi connectivity index (χ0) is 23.8. The lowest BCUT2D eigenvalue weighted by atomic mass is 9.90. The molecule has 0 aliphatic carbocycles. The largest absolute Gasteiger partial charge is 0.423 e. The molecule has 3 heterocycles. The monoisotopic (exact) mass is 470 g/mol. The number of carbonyl (C=O) groups is 1. The van der Waals surface area contributed by atoms with Crippen LogP contribution in [0.3, 0.4) is 0 Å². The van der Waals surface area contributed by atoms with Crippen molar-refractivity contribution in [1.29, 1.82) is 0 Å². The maximum atomic E-state index is 14.7. The van der Waals surface area contributed by atoms with Crippen LogP contribution in [0.4, 0.5) is 19.2 Å². The maximum Gasteiger partial charge on any atom is 0.295 e. The standard InChI is InChI=1S/C23H21F3N6O2/c1-13-3-2-8-31(19(13)12-27-23-30-18-5-4-14(24)11-20(18)34-23)22(33)16-9-15(25)10-17(26)21(16)32-28-6-7-29-32/h4-7,9-11,13,19H,2-3,8,12H2,1H3,(H,27,30). The van der Waals surface area contributed by atoms with Gasteiger partial charge in [-0.2, -0.15) is 15.2 Å². The van der Waals surface area contributed by atoms with Crippen molar-refractivity contribution in [2.45, 2.75) is 25.8 Å². The minimum absolute atomic E-state index is 0.0942. The molecule has 5 rings (SSSR count). The maximum absolute atomic E-state index is 14.7. The molecule has 2 aromatic carbocycles. The topological polar surface area (TPSA) is 89.1 Å². The summed E-state index contributed by atoms with van der Waals surface area (Å²) in [5.74, 6) is -2.66. The number of hydrogen-bond acceptors (Lipinski definition) is 6. The smallest absolute Gasteiger partial charge is 0.295 e. The Balaban J connectivity index is 1.43. The minimum Gasteiger partial charge on any atom is -0.423 e. The van der Waals surface area contributed by atoms with Crippen LogP contribution in [0.15, 0.2) is 47.1 Å². The first kappa shape index (κ1) is 21.9. The first-order valence-corrected chi connectivity index (χ1v) is 10.9. The molecule has 0 saturated carbocycles. The van der Waals surface area contributed by atoms with Crippen molar-refractivity contribution in [3.05, 3.63) is 65.7 Å². The number of oxazole rings is 1. The number of rotatable bonds is 5. The van der Waals surface area contributed by atoms with Crippen molar-refractivity contribution in [3.8, 4) is 5.69 Å². The van der Waals surface area contributed by atoms with Crippen LogP contribution in [0.1, 0.15) is 30.1 Å². The number of hydrogen-bond donors (Lipinski definition) is 1. The number of benzene rings is 2. The molecule has 0 bridgehead atoms. The Morgan fingerprint density at radius 1 is 1.15 bits per heavy atom. The van der Waals surface area contributed by atoms with Crippen LogP contribution in [0.5, 0.6) is 0 Å². The van der Waals surface area contributed by atoms with Gasteiger partial charge in [-0.25, -0.2) is 13.2 Å². The number of carbonyl (C=O) groups excluding carboxylic acids is 1. The van der Waals surface area contributed by atoms with Gasteiger partial charge in [-0.1, -0.05) is 6.92 Å². The molecule has 11 heteroatoms. The molecule has 1 aliphatic heterocycles. The van der Waals surface area contributed by atoms with Crippen molar-refractivity contribution < 1.29 is 22.4 Å². The highest BCUT2D eigenvalue weighted by atomic mass is 19.1. The summed E-state index contributed by atoms with van der Waals surface area (Å²) in [7, 11) is 0. The lowest BCUT2D eigenvalue weighted by Crippen LogP contribution is -2.51. The summed E-state index contributed by atoms with van der Waals surface area (Å²) >= 11 is 0. The van der Waals surface area contributed by atoms with Crippen molar-refractivity contribution in [2.24, 2.45) is 5.92 Å². The van der Waals surface area contributed by atoms with E-state index in [9.17, 15) is 18.0 Å². The molecule has 1 N–H and O–H groups in total. The molecule has 1 saturated heterocycles.